The number of nitrogens with one attached hydrogen (secondary N) is 1. The lowest BCUT2D eigenvalue weighted by Crippen LogP contribution is -2.12. The molecular formula is C17H21N3O2. The van der Waals surface area contributed by atoms with Crippen molar-refractivity contribution in [3.05, 3.63) is 40.8 Å². The van der Waals surface area contributed by atoms with Crippen LogP contribution in [0.5, 0.6) is 0 Å². The molecule has 0 radical (unpaired) electrons. The van der Waals surface area contributed by atoms with Crippen LogP contribution in [-0.4, -0.2) is 16.1 Å². The predicted octanol–water partition coefficient (Wildman–Crippen LogP) is 3.99. The molecule has 0 aliphatic heterocycles. The summed E-state index contributed by atoms with van der Waals surface area (Å²) in [5.74, 6) is 0.769. The van der Waals surface area contributed by atoms with E-state index in [1.807, 2.05) is 26.0 Å². The Hall–Kier alpha value is -2.17. The van der Waals surface area contributed by atoms with Crippen molar-refractivity contribution < 1.29 is 9.21 Å². The predicted molar refractivity (Wildman–Crippen MR) is 84.0 cm³/mol. The normalized spacial score (nSPS) is 15.7. The lowest BCUT2D eigenvalue weighted by Gasteiger charge is -2.17. The Labute approximate surface area is 130 Å². The number of aromatic nitrogens is 2. The second-order valence-corrected chi connectivity index (χ2v) is 6.03. The third-order valence-electron chi connectivity index (χ3n) is 4.38. The third-order valence-corrected chi connectivity index (χ3v) is 4.38. The van der Waals surface area contributed by atoms with E-state index in [0.717, 1.165) is 24.0 Å². The van der Waals surface area contributed by atoms with Gasteiger partial charge in [0, 0.05) is 11.5 Å². The highest BCUT2D eigenvalue weighted by Crippen LogP contribution is 2.32. The van der Waals surface area contributed by atoms with E-state index in [9.17, 15) is 4.79 Å². The van der Waals surface area contributed by atoms with Crippen molar-refractivity contribution in [3.63, 3.8) is 0 Å². The van der Waals surface area contributed by atoms with Gasteiger partial charge in [0.25, 0.3) is 5.91 Å². The fourth-order valence-corrected chi connectivity index (χ4v) is 2.85. The zero-order valence-corrected chi connectivity index (χ0v) is 13.1. The van der Waals surface area contributed by atoms with Crippen LogP contribution >= 0.6 is 0 Å². The summed E-state index contributed by atoms with van der Waals surface area (Å²) in [7, 11) is 0. The summed E-state index contributed by atoms with van der Waals surface area (Å²) in [6.07, 6.45) is 5.87. The first-order valence-electron chi connectivity index (χ1n) is 7.85. The summed E-state index contributed by atoms with van der Waals surface area (Å²) in [4.78, 5) is 12.2. The van der Waals surface area contributed by atoms with Crippen molar-refractivity contribution in [1.29, 1.82) is 0 Å². The van der Waals surface area contributed by atoms with Crippen LogP contribution in [0, 0.1) is 13.8 Å². The number of amides is 1. The van der Waals surface area contributed by atoms with Gasteiger partial charge < -0.3 is 4.42 Å². The Morgan fingerprint density at radius 1 is 1.14 bits per heavy atom. The van der Waals surface area contributed by atoms with Crippen molar-refractivity contribution in [2.75, 3.05) is 5.32 Å². The Morgan fingerprint density at radius 3 is 2.64 bits per heavy atom. The number of carbonyl (C=O) groups excluding carboxylic acids is 1. The van der Waals surface area contributed by atoms with Gasteiger partial charge in [-0.1, -0.05) is 30.4 Å². The molecular weight excluding hydrogens is 278 g/mol. The fourth-order valence-electron chi connectivity index (χ4n) is 2.85. The van der Waals surface area contributed by atoms with Crippen LogP contribution in [-0.2, 0) is 0 Å². The average molecular weight is 299 g/mol. The summed E-state index contributed by atoms with van der Waals surface area (Å²) >= 11 is 0. The Kier molecular flexibility index (Phi) is 4.22. The first-order chi connectivity index (χ1) is 10.6. The van der Waals surface area contributed by atoms with E-state index >= 15 is 0 Å². The number of benzene rings is 1. The topological polar surface area (TPSA) is 68.0 Å². The second kappa shape index (κ2) is 6.30. The molecule has 22 heavy (non-hydrogen) atoms. The van der Waals surface area contributed by atoms with Gasteiger partial charge in [0.15, 0.2) is 0 Å². The van der Waals surface area contributed by atoms with Gasteiger partial charge in [-0.25, -0.2) is 0 Å². The van der Waals surface area contributed by atoms with Crippen LogP contribution in [0.4, 0.5) is 6.01 Å². The molecule has 1 saturated carbocycles. The number of nitrogens with zero attached hydrogens (tertiary/aromatic N) is 2. The minimum Gasteiger partial charge on any atom is -0.408 e. The van der Waals surface area contributed by atoms with Gasteiger partial charge in [-0.3, -0.25) is 10.1 Å². The average Bonchev–Trinajstić information content (AvgIpc) is 2.99. The number of rotatable bonds is 3. The van der Waals surface area contributed by atoms with Gasteiger partial charge in [-0.15, -0.1) is 5.10 Å². The molecule has 1 aromatic carbocycles. The molecule has 1 aliphatic rings. The van der Waals surface area contributed by atoms with Crippen LogP contribution in [0.1, 0.15) is 65.4 Å². The number of carbonyl (C=O) groups is 1. The molecule has 5 nitrogen and oxygen atoms in total. The number of anilines is 1. The van der Waals surface area contributed by atoms with Crippen LogP contribution in [0.2, 0.25) is 0 Å². The molecule has 0 spiro atoms. The standard InChI is InChI=1S/C17H21N3O2/c1-11-8-9-14(10-12(11)2)15(21)18-17-20-19-16(22-17)13-6-4-3-5-7-13/h8-10,13H,3-7H2,1-2H3,(H,18,20,21). The third kappa shape index (κ3) is 3.18. The zero-order valence-electron chi connectivity index (χ0n) is 13.1. The summed E-state index contributed by atoms with van der Waals surface area (Å²) in [5.41, 5.74) is 2.84. The molecule has 0 bridgehead atoms. The highest BCUT2D eigenvalue weighted by Gasteiger charge is 2.22. The molecule has 2 aromatic rings. The van der Waals surface area contributed by atoms with Crippen molar-refractivity contribution in [2.45, 2.75) is 51.9 Å². The van der Waals surface area contributed by atoms with Crippen LogP contribution in [0.25, 0.3) is 0 Å². The van der Waals surface area contributed by atoms with Gasteiger partial charge in [-0.2, -0.15) is 0 Å². The molecule has 1 N–H and O–H groups in total. The van der Waals surface area contributed by atoms with E-state index < -0.39 is 0 Å². The largest absolute Gasteiger partial charge is 0.408 e. The van der Waals surface area contributed by atoms with Crippen LogP contribution in [0.15, 0.2) is 22.6 Å². The van der Waals surface area contributed by atoms with Gasteiger partial charge in [0.2, 0.25) is 5.89 Å². The van der Waals surface area contributed by atoms with Gasteiger partial charge in [0.1, 0.15) is 0 Å². The Bertz CT molecular complexity index is 672. The van der Waals surface area contributed by atoms with Crippen molar-refractivity contribution >= 4 is 11.9 Å². The molecule has 116 valence electrons. The van der Waals surface area contributed by atoms with Crippen molar-refractivity contribution in [1.82, 2.24) is 10.2 Å². The van der Waals surface area contributed by atoms with Crippen LogP contribution in [0.3, 0.4) is 0 Å². The minimum absolute atomic E-state index is 0.184. The van der Waals surface area contributed by atoms with E-state index in [-0.39, 0.29) is 11.9 Å². The van der Waals surface area contributed by atoms with E-state index in [1.54, 1.807) is 6.07 Å². The molecule has 0 saturated heterocycles. The smallest absolute Gasteiger partial charge is 0.322 e. The van der Waals surface area contributed by atoms with Crippen molar-refractivity contribution in [2.24, 2.45) is 0 Å². The SMILES string of the molecule is Cc1ccc(C(=O)Nc2nnc(C3CCCCC3)o2)cc1C. The maximum Gasteiger partial charge on any atom is 0.322 e. The quantitative estimate of drug-likeness (QED) is 0.930. The van der Waals surface area contributed by atoms with Crippen molar-refractivity contribution in [3.8, 4) is 0 Å². The highest BCUT2D eigenvalue weighted by molar-refractivity contribution is 6.03. The van der Waals surface area contributed by atoms with E-state index in [4.69, 9.17) is 4.42 Å². The van der Waals surface area contributed by atoms with E-state index in [1.165, 1.54) is 19.3 Å². The maximum absolute atomic E-state index is 12.2. The molecule has 0 atom stereocenters. The second-order valence-electron chi connectivity index (χ2n) is 6.03. The molecule has 5 heteroatoms. The van der Waals surface area contributed by atoms with E-state index in [0.29, 0.717) is 17.4 Å². The molecule has 0 unspecified atom stereocenters. The van der Waals surface area contributed by atoms with Gasteiger partial charge in [0.05, 0.1) is 0 Å². The number of hydrogen-bond acceptors (Lipinski definition) is 4. The molecule has 1 amide bonds. The first kappa shape index (κ1) is 14.8. The summed E-state index contributed by atoms with van der Waals surface area (Å²) in [6, 6.07) is 5.79. The fraction of sp³-hybridized carbons (Fsp3) is 0.471. The van der Waals surface area contributed by atoms with Gasteiger partial charge >= 0.3 is 6.01 Å². The monoisotopic (exact) mass is 299 g/mol. The number of hydrogen-bond donors (Lipinski definition) is 1. The maximum atomic E-state index is 12.2. The highest BCUT2D eigenvalue weighted by atomic mass is 16.4. The minimum atomic E-state index is -0.220. The first-order valence-corrected chi connectivity index (χ1v) is 7.85. The molecule has 1 heterocycles. The van der Waals surface area contributed by atoms with Crippen LogP contribution < -0.4 is 5.32 Å². The lowest BCUT2D eigenvalue weighted by molar-refractivity contribution is 0.102. The molecule has 1 aromatic heterocycles. The summed E-state index contributed by atoms with van der Waals surface area (Å²) in [5, 5.41) is 10.7. The summed E-state index contributed by atoms with van der Waals surface area (Å²) in [6.45, 7) is 4.01. The molecule has 1 aliphatic carbocycles. The summed E-state index contributed by atoms with van der Waals surface area (Å²) < 4.78 is 5.62. The van der Waals surface area contributed by atoms with Gasteiger partial charge in [-0.05, 0) is 49.9 Å². The zero-order chi connectivity index (χ0) is 15.5. The molecule has 1 fully saturated rings. The lowest BCUT2D eigenvalue weighted by atomic mass is 9.89. The Morgan fingerprint density at radius 2 is 1.91 bits per heavy atom. The number of aryl methyl sites for hydroxylation is 2. The van der Waals surface area contributed by atoms with E-state index in [2.05, 4.69) is 15.5 Å². The molecule has 3 rings (SSSR count). The Balaban J connectivity index is 1.68.